The number of hydrogen-bond acceptors (Lipinski definition) is 2. The third kappa shape index (κ3) is 5.04. The first-order valence-electron chi connectivity index (χ1n) is 1.74. The van der Waals surface area contributed by atoms with E-state index in [0.29, 0.717) is 0 Å². The molecule has 0 saturated carbocycles. The minimum Gasteiger partial charge on any atom is -0.260 e. The molecule has 0 bridgehead atoms. The zero-order valence-corrected chi connectivity index (χ0v) is 6.67. The van der Waals surface area contributed by atoms with Crippen LogP contribution in [0.3, 0.4) is 0 Å². The Kier molecular flexibility index (Phi) is 7.09. The highest BCUT2D eigenvalue weighted by molar-refractivity contribution is 14.1. The van der Waals surface area contributed by atoms with Crippen LogP contribution < -0.4 is 3.53 Å². The Morgan fingerprint density at radius 3 is 2.67 bits per heavy atom. The Labute approximate surface area is 56.8 Å². The first-order chi connectivity index (χ1) is 2.91. The Morgan fingerprint density at radius 1 is 1.83 bits per heavy atom. The summed E-state index contributed by atoms with van der Waals surface area (Å²) in [5.74, 6) is 1.21. The van der Waals surface area contributed by atoms with Gasteiger partial charge >= 0.3 is 0 Å². The molecule has 3 heteroatoms. The van der Waals surface area contributed by atoms with Crippen molar-refractivity contribution in [1.29, 1.82) is 0 Å². The summed E-state index contributed by atoms with van der Waals surface area (Å²) in [5.41, 5.74) is 0. The van der Waals surface area contributed by atoms with Gasteiger partial charge in [0.15, 0.2) is 0 Å². The first-order valence-corrected chi connectivity index (χ1v) is 4.21. The summed E-state index contributed by atoms with van der Waals surface area (Å²) in [6.45, 7) is 1.11. The molecule has 0 aromatic carbocycles. The van der Waals surface area contributed by atoms with Gasteiger partial charge < -0.3 is 0 Å². The molecule has 1 N–H and O–H groups in total. The number of nitrogens with one attached hydrogen (secondary N) is 1. The van der Waals surface area contributed by atoms with E-state index in [0.717, 1.165) is 6.54 Å². The van der Waals surface area contributed by atoms with Crippen LogP contribution in [0.2, 0.25) is 0 Å². The van der Waals surface area contributed by atoms with E-state index in [1.54, 1.807) is 0 Å². The molecule has 0 aromatic heterocycles. The molecule has 0 saturated heterocycles. The first kappa shape index (κ1) is 7.04. The number of halogens is 1. The van der Waals surface area contributed by atoms with Gasteiger partial charge in [-0.3, -0.25) is 3.53 Å². The summed E-state index contributed by atoms with van der Waals surface area (Å²) in [4.78, 5) is 0. The van der Waals surface area contributed by atoms with Gasteiger partial charge in [0.1, 0.15) is 0 Å². The van der Waals surface area contributed by atoms with Crippen molar-refractivity contribution in [2.75, 3.05) is 18.6 Å². The van der Waals surface area contributed by atoms with Crippen LogP contribution in [0.1, 0.15) is 0 Å². The summed E-state index contributed by atoms with van der Waals surface area (Å²) >= 11 is 4.01. The smallest absolute Gasteiger partial charge is 0.0169 e. The summed E-state index contributed by atoms with van der Waals surface area (Å²) < 4.78 is 3.02. The molecule has 0 rings (SSSR count). The van der Waals surface area contributed by atoms with Crippen molar-refractivity contribution >= 4 is 34.6 Å². The van der Waals surface area contributed by atoms with E-state index in [-0.39, 0.29) is 0 Å². The highest BCUT2D eigenvalue weighted by Crippen LogP contribution is 1.87. The molecule has 0 amide bonds. The number of rotatable bonds is 3. The van der Waals surface area contributed by atoms with Crippen LogP contribution in [-0.2, 0) is 0 Å². The van der Waals surface area contributed by atoms with Gasteiger partial charge in [0, 0.05) is 35.2 Å². The summed E-state index contributed by atoms with van der Waals surface area (Å²) in [6, 6.07) is 0. The molecule has 0 unspecified atom stereocenters. The number of thioether (sulfide) groups is 1. The van der Waals surface area contributed by atoms with Crippen molar-refractivity contribution in [2.45, 2.75) is 0 Å². The predicted octanol–water partition coefficient (Wildman–Crippen LogP) is 1.29. The topological polar surface area (TPSA) is 12.0 Å². The molecule has 1 nitrogen and oxygen atoms in total. The Balaban J connectivity index is 2.34. The SMILES string of the molecule is CSCCNI. The van der Waals surface area contributed by atoms with E-state index in [9.17, 15) is 0 Å². The van der Waals surface area contributed by atoms with Crippen molar-refractivity contribution < 1.29 is 0 Å². The zero-order valence-electron chi connectivity index (χ0n) is 3.70. The quantitative estimate of drug-likeness (QED) is 0.434. The molecule has 0 aliphatic rings. The van der Waals surface area contributed by atoms with Gasteiger partial charge in [0.25, 0.3) is 0 Å². The van der Waals surface area contributed by atoms with Crippen LogP contribution in [0.5, 0.6) is 0 Å². The minimum atomic E-state index is 1.11. The van der Waals surface area contributed by atoms with Crippen molar-refractivity contribution in [3.8, 4) is 0 Å². The molecule has 0 spiro atoms. The fourth-order valence-corrected chi connectivity index (χ4v) is 1.08. The average Bonchev–Trinajstić information content (AvgIpc) is 1.61. The van der Waals surface area contributed by atoms with E-state index in [1.165, 1.54) is 5.75 Å². The van der Waals surface area contributed by atoms with E-state index in [2.05, 4.69) is 32.7 Å². The van der Waals surface area contributed by atoms with Crippen LogP contribution in [0.15, 0.2) is 0 Å². The van der Waals surface area contributed by atoms with Gasteiger partial charge in [-0.25, -0.2) is 0 Å². The standard InChI is InChI=1S/C3H8INS/c1-6-3-2-5-4/h5H,2-3H2,1H3. The maximum absolute atomic E-state index is 3.02. The molecule has 0 aliphatic heterocycles. The molecule has 0 fully saturated rings. The van der Waals surface area contributed by atoms with Crippen LogP contribution in [0, 0.1) is 0 Å². The second-order valence-electron chi connectivity index (χ2n) is 0.876. The summed E-state index contributed by atoms with van der Waals surface area (Å²) in [7, 11) is 0. The summed E-state index contributed by atoms with van der Waals surface area (Å²) in [5, 5.41) is 0. The van der Waals surface area contributed by atoms with Gasteiger partial charge in [0.2, 0.25) is 0 Å². The van der Waals surface area contributed by atoms with Crippen LogP contribution in [0.4, 0.5) is 0 Å². The van der Waals surface area contributed by atoms with Gasteiger partial charge in [-0.1, -0.05) is 0 Å². The third-order valence-electron chi connectivity index (χ3n) is 0.401. The van der Waals surface area contributed by atoms with E-state index < -0.39 is 0 Å². The molecule has 0 aliphatic carbocycles. The largest absolute Gasteiger partial charge is 0.260 e. The normalized spacial score (nSPS) is 9.00. The van der Waals surface area contributed by atoms with Crippen molar-refractivity contribution in [1.82, 2.24) is 3.53 Å². The molecule has 6 heavy (non-hydrogen) atoms. The Bertz CT molecular complexity index is 22.8. The van der Waals surface area contributed by atoms with Crippen LogP contribution in [-0.4, -0.2) is 18.6 Å². The number of hydrogen-bond donors (Lipinski definition) is 1. The van der Waals surface area contributed by atoms with Crippen LogP contribution >= 0.6 is 34.6 Å². The molecule has 0 radical (unpaired) electrons. The third-order valence-corrected chi connectivity index (χ3v) is 1.55. The molecule has 0 atom stereocenters. The fourth-order valence-electron chi connectivity index (χ4n) is 0.141. The summed E-state index contributed by atoms with van der Waals surface area (Å²) in [6.07, 6.45) is 2.11. The monoisotopic (exact) mass is 217 g/mol. The average molecular weight is 217 g/mol. The Morgan fingerprint density at radius 2 is 2.50 bits per heavy atom. The van der Waals surface area contributed by atoms with E-state index in [4.69, 9.17) is 0 Å². The lowest BCUT2D eigenvalue weighted by atomic mass is 10.8. The minimum absolute atomic E-state index is 1.11. The lowest BCUT2D eigenvalue weighted by Crippen LogP contribution is -2.01. The maximum atomic E-state index is 3.02. The van der Waals surface area contributed by atoms with E-state index >= 15 is 0 Å². The highest BCUT2D eigenvalue weighted by Gasteiger charge is 1.74. The molecular weight excluding hydrogens is 209 g/mol. The van der Waals surface area contributed by atoms with Gasteiger partial charge in [-0.2, -0.15) is 11.8 Å². The zero-order chi connectivity index (χ0) is 4.83. The van der Waals surface area contributed by atoms with Crippen LogP contribution in [0.25, 0.3) is 0 Å². The highest BCUT2D eigenvalue weighted by atomic mass is 127. The predicted molar refractivity (Wildman–Crippen MR) is 40.4 cm³/mol. The molecular formula is C3H8INS. The van der Waals surface area contributed by atoms with E-state index in [1.807, 2.05) is 11.8 Å². The van der Waals surface area contributed by atoms with Gasteiger partial charge in [-0.05, 0) is 6.26 Å². The van der Waals surface area contributed by atoms with Gasteiger partial charge in [-0.15, -0.1) is 0 Å². The van der Waals surface area contributed by atoms with Crippen molar-refractivity contribution in [3.05, 3.63) is 0 Å². The Hall–Kier alpha value is 1.04. The lowest BCUT2D eigenvalue weighted by Gasteiger charge is -1.88. The second kappa shape index (κ2) is 6.04. The molecule has 38 valence electrons. The molecule has 0 aromatic rings. The fraction of sp³-hybridized carbons (Fsp3) is 1.00. The lowest BCUT2D eigenvalue weighted by molar-refractivity contribution is 1.09. The second-order valence-corrected chi connectivity index (χ2v) is 2.62. The van der Waals surface area contributed by atoms with Gasteiger partial charge in [0.05, 0.1) is 0 Å². The maximum Gasteiger partial charge on any atom is 0.0169 e. The van der Waals surface area contributed by atoms with Crippen molar-refractivity contribution in [2.24, 2.45) is 0 Å². The molecule has 0 heterocycles. The van der Waals surface area contributed by atoms with Crippen molar-refractivity contribution in [3.63, 3.8) is 0 Å².